The quantitative estimate of drug-likeness (QED) is 0.536. The number of aromatic nitrogens is 2. The molecule has 26 heavy (non-hydrogen) atoms. The van der Waals surface area contributed by atoms with Gasteiger partial charge in [0.15, 0.2) is 0 Å². The normalized spacial score (nSPS) is 10.5. The van der Waals surface area contributed by atoms with Crippen molar-refractivity contribution in [3.63, 3.8) is 0 Å². The van der Waals surface area contributed by atoms with E-state index in [1.54, 1.807) is 6.07 Å². The van der Waals surface area contributed by atoms with Gasteiger partial charge < -0.3 is 9.84 Å². The molecule has 1 heterocycles. The van der Waals surface area contributed by atoms with Crippen LogP contribution in [0.25, 0.3) is 11.4 Å². The van der Waals surface area contributed by atoms with Gasteiger partial charge in [-0.15, -0.1) is 0 Å². The zero-order valence-electron chi connectivity index (χ0n) is 14.0. The highest BCUT2D eigenvalue weighted by atomic mass is 16.6. The van der Waals surface area contributed by atoms with E-state index in [9.17, 15) is 14.9 Å². The summed E-state index contributed by atoms with van der Waals surface area (Å²) in [6.45, 7) is 1.96. The van der Waals surface area contributed by atoms with E-state index < -0.39 is 4.92 Å². The Balaban J connectivity index is 1.59. The maximum Gasteiger partial charge on any atom is 0.271 e. The molecule has 0 aliphatic heterocycles. The molecular weight excluding hydrogens is 336 g/mol. The second-order valence-corrected chi connectivity index (χ2v) is 5.68. The van der Waals surface area contributed by atoms with Gasteiger partial charge in [0.2, 0.25) is 17.6 Å². The number of rotatable bonds is 6. The summed E-state index contributed by atoms with van der Waals surface area (Å²) in [4.78, 5) is 26.6. The lowest BCUT2D eigenvalue weighted by atomic mass is 10.1. The Bertz CT molecular complexity index is 952. The van der Waals surface area contributed by atoms with Crippen LogP contribution in [0.15, 0.2) is 53.1 Å². The van der Waals surface area contributed by atoms with Crippen LogP contribution in [0.2, 0.25) is 0 Å². The summed E-state index contributed by atoms with van der Waals surface area (Å²) >= 11 is 0. The number of nitro groups is 1. The first kappa shape index (κ1) is 17.3. The number of aryl methyl sites for hydroxylation is 2. The molecule has 0 atom stereocenters. The van der Waals surface area contributed by atoms with Crippen molar-refractivity contribution in [2.45, 2.75) is 19.8 Å². The minimum atomic E-state index is -0.513. The van der Waals surface area contributed by atoms with Gasteiger partial charge in [-0.2, -0.15) is 4.98 Å². The number of amides is 1. The molecule has 0 saturated carbocycles. The lowest BCUT2D eigenvalue weighted by Gasteiger charge is -2.03. The summed E-state index contributed by atoms with van der Waals surface area (Å²) in [6.07, 6.45) is 0.401. The largest absolute Gasteiger partial charge is 0.339 e. The number of hydrogen-bond donors (Lipinski definition) is 1. The van der Waals surface area contributed by atoms with Gasteiger partial charge in [-0.1, -0.05) is 35.5 Å². The van der Waals surface area contributed by atoms with Crippen molar-refractivity contribution in [3.8, 4) is 11.4 Å². The van der Waals surface area contributed by atoms with Crippen LogP contribution in [-0.2, 0) is 11.2 Å². The number of nitrogens with zero attached hydrogens (tertiary/aromatic N) is 3. The summed E-state index contributed by atoms with van der Waals surface area (Å²) in [6, 6.07) is 13.5. The highest BCUT2D eigenvalue weighted by Crippen LogP contribution is 2.20. The number of non-ortho nitro benzene ring substituents is 1. The van der Waals surface area contributed by atoms with Gasteiger partial charge in [0.25, 0.3) is 5.69 Å². The number of nitro benzene ring substituents is 1. The van der Waals surface area contributed by atoms with Gasteiger partial charge in [0, 0.05) is 36.2 Å². The second-order valence-electron chi connectivity index (χ2n) is 5.68. The van der Waals surface area contributed by atoms with E-state index in [1.165, 1.54) is 18.2 Å². The number of carbonyl (C=O) groups excluding carboxylic acids is 1. The van der Waals surface area contributed by atoms with Crippen molar-refractivity contribution in [1.82, 2.24) is 10.1 Å². The topological polar surface area (TPSA) is 111 Å². The molecule has 0 aliphatic carbocycles. The Morgan fingerprint density at radius 3 is 2.81 bits per heavy atom. The van der Waals surface area contributed by atoms with E-state index in [4.69, 9.17) is 4.52 Å². The van der Waals surface area contributed by atoms with Crippen molar-refractivity contribution >= 4 is 17.3 Å². The van der Waals surface area contributed by atoms with Crippen molar-refractivity contribution in [1.29, 1.82) is 0 Å². The summed E-state index contributed by atoms with van der Waals surface area (Å²) in [5.74, 6) is 0.552. The van der Waals surface area contributed by atoms with E-state index in [1.807, 2.05) is 31.2 Å². The third-order valence-corrected chi connectivity index (χ3v) is 3.76. The van der Waals surface area contributed by atoms with Crippen LogP contribution in [0, 0.1) is 17.0 Å². The van der Waals surface area contributed by atoms with Crippen LogP contribution in [0.1, 0.15) is 17.9 Å². The molecule has 132 valence electrons. The molecule has 8 nitrogen and oxygen atoms in total. The van der Waals surface area contributed by atoms with E-state index >= 15 is 0 Å². The molecule has 3 rings (SSSR count). The highest BCUT2D eigenvalue weighted by Gasteiger charge is 2.13. The maximum absolute atomic E-state index is 12.0. The second kappa shape index (κ2) is 7.56. The van der Waals surface area contributed by atoms with Crippen LogP contribution >= 0.6 is 0 Å². The fraction of sp³-hybridized carbons (Fsp3) is 0.167. The van der Waals surface area contributed by atoms with Crippen molar-refractivity contribution in [2.24, 2.45) is 0 Å². The van der Waals surface area contributed by atoms with E-state index in [2.05, 4.69) is 15.5 Å². The molecule has 3 aromatic rings. The smallest absolute Gasteiger partial charge is 0.271 e. The monoisotopic (exact) mass is 352 g/mol. The first-order valence-corrected chi connectivity index (χ1v) is 7.96. The molecule has 1 N–H and O–H groups in total. The zero-order valence-corrected chi connectivity index (χ0v) is 14.0. The Kier molecular flexibility index (Phi) is 5.02. The van der Waals surface area contributed by atoms with Gasteiger partial charge in [0.05, 0.1) is 4.92 Å². The fourth-order valence-corrected chi connectivity index (χ4v) is 2.43. The molecule has 0 bridgehead atoms. The van der Waals surface area contributed by atoms with Crippen LogP contribution in [-0.4, -0.2) is 21.0 Å². The fourth-order valence-electron chi connectivity index (χ4n) is 2.43. The summed E-state index contributed by atoms with van der Waals surface area (Å²) < 4.78 is 5.19. The Hall–Kier alpha value is -3.55. The molecule has 2 aromatic carbocycles. The third-order valence-electron chi connectivity index (χ3n) is 3.76. The van der Waals surface area contributed by atoms with Crippen LogP contribution in [0.5, 0.6) is 0 Å². The molecule has 8 heteroatoms. The van der Waals surface area contributed by atoms with E-state index in [-0.39, 0.29) is 24.4 Å². The Labute approximate surface area is 149 Å². The SMILES string of the molecule is Cc1ccccc1-c1noc(CCC(=O)Nc2cccc([N+](=O)[O-])c2)n1. The summed E-state index contributed by atoms with van der Waals surface area (Å²) in [5, 5.41) is 17.3. The lowest BCUT2D eigenvalue weighted by Crippen LogP contribution is -2.12. The Morgan fingerprint density at radius 2 is 2.04 bits per heavy atom. The van der Waals surface area contributed by atoms with Gasteiger partial charge in [0.1, 0.15) is 0 Å². The van der Waals surface area contributed by atoms with Crippen LogP contribution in [0.3, 0.4) is 0 Å². The molecule has 0 saturated heterocycles. The highest BCUT2D eigenvalue weighted by molar-refractivity contribution is 5.91. The summed E-state index contributed by atoms with van der Waals surface area (Å²) in [5.41, 5.74) is 2.20. The summed E-state index contributed by atoms with van der Waals surface area (Å²) in [7, 11) is 0. The maximum atomic E-state index is 12.0. The number of benzene rings is 2. The first-order valence-electron chi connectivity index (χ1n) is 7.96. The average Bonchev–Trinajstić information content (AvgIpc) is 3.09. The van der Waals surface area contributed by atoms with Crippen molar-refractivity contribution < 1.29 is 14.2 Å². The third kappa shape index (κ3) is 4.10. The van der Waals surface area contributed by atoms with Gasteiger partial charge in [-0.05, 0) is 18.6 Å². The van der Waals surface area contributed by atoms with Crippen LogP contribution < -0.4 is 5.32 Å². The molecule has 0 radical (unpaired) electrons. The van der Waals surface area contributed by atoms with E-state index in [0.29, 0.717) is 17.4 Å². The molecule has 1 amide bonds. The van der Waals surface area contributed by atoms with Crippen LogP contribution in [0.4, 0.5) is 11.4 Å². The number of anilines is 1. The minimum Gasteiger partial charge on any atom is -0.339 e. The Morgan fingerprint density at radius 1 is 1.23 bits per heavy atom. The van der Waals surface area contributed by atoms with Gasteiger partial charge in [-0.25, -0.2) is 0 Å². The minimum absolute atomic E-state index is 0.0810. The van der Waals surface area contributed by atoms with Crippen molar-refractivity contribution in [3.05, 3.63) is 70.1 Å². The molecule has 1 aromatic heterocycles. The predicted molar refractivity (Wildman–Crippen MR) is 94.5 cm³/mol. The number of carbonyl (C=O) groups is 1. The molecule has 0 fully saturated rings. The molecule has 0 aliphatic rings. The van der Waals surface area contributed by atoms with Gasteiger partial charge >= 0.3 is 0 Å². The predicted octanol–water partition coefficient (Wildman–Crippen LogP) is 3.52. The number of nitrogens with one attached hydrogen (secondary N) is 1. The van der Waals surface area contributed by atoms with Gasteiger partial charge in [-0.3, -0.25) is 14.9 Å². The standard InChI is InChI=1S/C18H16N4O4/c1-12-5-2-3-8-15(12)18-20-17(26-21-18)10-9-16(23)19-13-6-4-7-14(11-13)22(24)25/h2-8,11H,9-10H2,1H3,(H,19,23). The molecule has 0 unspecified atom stereocenters. The molecule has 0 spiro atoms. The lowest BCUT2D eigenvalue weighted by molar-refractivity contribution is -0.384. The molecular formula is C18H16N4O4. The average molecular weight is 352 g/mol. The number of hydrogen-bond acceptors (Lipinski definition) is 6. The first-order chi connectivity index (χ1) is 12.5. The van der Waals surface area contributed by atoms with E-state index in [0.717, 1.165) is 11.1 Å². The van der Waals surface area contributed by atoms with Crippen molar-refractivity contribution in [2.75, 3.05) is 5.32 Å². The zero-order chi connectivity index (χ0) is 18.5.